The molecule has 0 radical (unpaired) electrons. The van der Waals surface area contributed by atoms with Crippen molar-refractivity contribution >= 4 is 27.5 Å². The summed E-state index contributed by atoms with van der Waals surface area (Å²) in [6.07, 6.45) is -5.22. The zero-order valence-corrected chi connectivity index (χ0v) is 13.5. The number of rotatable bonds is 7. The number of alkyl halides is 3. The summed E-state index contributed by atoms with van der Waals surface area (Å²) in [6, 6.07) is 7.20. The molecule has 0 aromatic heterocycles. The van der Waals surface area contributed by atoms with E-state index in [9.17, 15) is 21.6 Å². The third-order valence-corrected chi connectivity index (χ3v) is 3.97. The van der Waals surface area contributed by atoms with Crippen LogP contribution in [0.5, 0.6) is 0 Å². The molecule has 0 heterocycles. The molecule has 0 aliphatic rings. The quantitative estimate of drug-likeness (QED) is 0.341. The summed E-state index contributed by atoms with van der Waals surface area (Å²) in [7, 11) is -4.17. The van der Waals surface area contributed by atoms with Gasteiger partial charge in [-0.3, -0.25) is 0 Å². The van der Waals surface area contributed by atoms with Crippen molar-refractivity contribution in [2.75, 3.05) is 6.61 Å². The number of hydroxylamine groups is 1. The van der Waals surface area contributed by atoms with Gasteiger partial charge in [0.05, 0.1) is 11.5 Å². The molecule has 0 saturated carbocycles. The minimum atomic E-state index is -4.23. The van der Waals surface area contributed by atoms with Crippen molar-refractivity contribution in [1.29, 1.82) is 0 Å². The lowest BCUT2D eigenvalue weighted by Crippen LogP contribution is -2.39. The zero-order valence-electron chi connectivity index (χ0n) is 11.8. The average molecular weight is 372 g/mol. The van der Waals surface area contributed by atoms with Crippen LogP contribution in [0.25, 0.3) is 0 Å². The van der Waals surface area contributed by atoms with E-state index in [1.807, 2.05) is 0 Å². The number of halogens is 3. The second kappa shape index (κ2) is 8.43. The molecule has 0 unspecified atom stereocenters. The van der Waals surface area contributed by atoms with Crippen molar-refractivity contribution in [3.63, 3.8) is 0 Å². The van der Waals surface area contributed by atoms with E-state index in [1.54, 1.807) is 6.07 Å². The van der Waals surface area contributed by atoms with E-state index in [0.717, 1.165) is 0 Å². The first-order valence-corrected chi connectivity index (χ1v) is 8.21. The molecule has 0 bridgehead atoms. The van der Waals surface area contributed by atoms with Crippen molar-refractivity contribution in [1.82, 2.24) is 5.17 Å². The standard InChI is InChI=1S/C12H15F3N2O4S2/c13-12(14,15)8-4-5-9-20-11(22)17(16)21-23(18,19)10-6-2-1-3-7-10/h1-3,6-7H,4-5,8-9,16H2. The maximum absolute atomic E-state index is 11.9. The van der Waals surface area contributed by atoms with Gasteiger partial charge < -0.3 is 4.74 Å². The Kier molecular flexibility index (Phi) is 7.19. The first-order valence-electron chi connectivity index (χ1n) is 6.40. The van der Waals surface area contributed by atoms with Crippen LogP contribution in [0.3, 0.4) is 0 Å². The zero-order chi connectivity index (χ0) is 17.5. The van der Waals surface area contributed by atoms with Crippen LogP contribution in [0.15, 0.2) is 35.2 Å². The van der Waals surface area contributed by atoms with Crippen LogP contribution in [-0.2, 0) is 19.1 Å². The first kappa shape index (κ1) is 19.6. The van der Waals surface area contributed by atoms with Crippen molar-refractivity contribution in [3.05, 3.63) is 30.3 Å². The van der Waals surface area contributed by atoms with E-state index in [2.05, 4.69) is 16.5 Å². The first-order chi connectivity index (χ1) is 10.6. The number of hydrogen-bond donors (Lipinski definition) is 1. The van der Waals surface area contributed by atoms with Crippen molar-refractivity contribution in [3.8, 4) is 0 Å². The van der Waals surface area contributed by atoms with Gasteiger partial charge >= 0.3 is 21.5 Å². The lowest BCUT2D eigenvalue weighted by Gasteiger charge is -2.17. The molecule has 0 saturated heterocycles. The van der Waals surface area contributed by atoms with E-state index in [0.29, 0.717) is 0 Å². The summed E-state index contributed by atoms with van der Waals surface area (Å²) in [6.45, 7) is -0.142. The maximum atomic E-state index is 11.9. The molecule has 0 atom stereocenters. The van der Waals surface area contributed by atoms with Crippen LogP contribution in [0.4, 0.5) is 13.2 Å². The molecule has 1 rings (SSSR count). The highest BCUT2D eigenvalue weighted by atomic mass is 32.2. The molecule has 6 nitrogen and oxygen atoms in total. The van der Waals surface area contributed by atoms with Gasteiger partial charge in [-0.15, -0.1) is 9.46 Å². The lowest BCUT2D eigenvalue weighted by atomic mass is 10.2. The summed E-state index contributed by atoms with van der Waals surface area (Å²) in [5.41, 5.74) is 0. The highest BCUT2D eigenvalue weighted by Crippen LogP contribution is 2.22. The Morgan fingerprint density at radius 3 is 2.39 bits per heavy atom. The predicted molar refractivity (Wildman–Crippen MR) is 79.2 cm³/mol. The normalized spacial score (nSPS) is 12.0. The van der Waals surface area contributed by atoms with Gasteiger partial charge in [-0.1, -0.05) is 18.2 Å². The summed E-state index contributed by atoms with van der Waals surface area (Å²) in [4.78, 5) is -0.136. The minimum absolute atomic E-state index is 0.0823. The summed E-state index contributed by atoms with van der Waals surface area (Å²) < 4.78 is 68.9. The fourth-order valence-electron chi connectivity index (χ4n) is 1.42. The molecule has 0 fully saturated rings. The Balaban J connectivity index is 2.40. The second-order valence-corrected chi connectivity index (χ2v) is 6.23. The van der Waals surface area contributed by atoms with Crippen LogP contribution >= 0.6 is 12.2 Å². The molecule has 1 aromatic carbocycles. The molecule has 0 aliphatic carbocycles. The Morgan fingerprint density at radius 2 is 1.83 bits per heavy atom. The van der Waals surface area contributed by atoms with Gasteiger partial charge in [0.1, 0.15) is 0 Å². The van der Waals surface area contributed by atoms with Gasteiger partial charge in [-0.25, -0.2) is 5.84 Å². The third kappa shape index (κ3) is 7.59. The minimum Gasteiger partial charge on any atom is -0.468 e. The summed E-state index contributed by atoms with van der Waals surface area (Å²) in [5, 5.41) is -0.266. The molecule has 2 N–H and O–H groups in total. The molecule has 1 aromatic rings. The van der Waals surface area contributed by atoms with Gasteiger partial charge in [-0.05, 0) is 37.2 Å². The van der Waals surface area contributed by atoms with Crippen LogP contribution in [0, 0.1) is 0 Å². The molecule has 0 spiro atoms. The Bertz CT molecular complexity index is 608. The monoisotopic (exact) mass is 372 g/mol. The third-order valence-electron chi connectivity index (χ3n) is 2.47. The molecule has 0 amide bonds. The predicted octanol–water partition coefficient (Wildman–Crippen LogP) is 2.52. The van der Waals surface area contributed by atoms with Gasteiger partial charge in [0, 0.05) is 6.42 Å². The van der Waals surface area contributed by atoms with Crippen molar-refractivity contribution < 1.29 is 30.6 Å². The summed E-state index contributed by atoms with van der Waals surface area (Å²) >= 11 is 4.68. The number of nitrogens with two attached hydrogens (primary N) is 1. The van der Waals surface area contributed by atoms with Crippen LogP contribution in [0.2, 0.25) is 0 Å². The van der Waals surface area contributed by atoms with Crippen molar-refractivity contribution in [2.24, 2.45) is 5.84 Å². The lowest BCUT2D eigenvalue weighted by molar-refractivity contribution is -0.135. The molecular formula is C12H15F3N2O4S2. The number of ether oxygens (including phenoxy) is 1. The van der Waals surface area contributed by atoms with E-state index >= 15 is 0 Å². The van der Waals surface area contributed by atoms with Gasteiger partial charge in [0.2, 0.25) is 0 Å². The number of unbranched alkanes of at least 4 members (excludes halogenated alkanes) is 1. The average Bonchev–Trinajstić information content (AvgIpc) is 2.46. The Hall–Kier alpha value is -1.43. The van der Waals surface area contributed by atoms with Crippen molar-refractivity contribution in [2.45, 2.75) is 30.3 Å². The van der Waals surface area contributed by atoms with E-state index in [-0.39, 0.29) is 29.5 Å². The molecule has 0 aliphatic heterocycles. The SMILES string of the molecule is NN(OS(=O)(=O)c1ccccc1)C(=S)OCCCCC(F)(F)F. The van der Waals surface area contributed by atoms with Gasteiger partial charge in [0.25, 0.3) is 0 Å². The largest absolute Gasteiger partial charge is 0.468 e. The number of hydrazine groups is 1. The van der Waals surface area contributed by atoms with E-state index in [1.165, 1.54) is 24.3 Å². The molecular weight excluding hydrogens is 357 g/mol. The number of benzene rings is 1. The van der Waals surface area contributed by atoms with Gasteiger partial charge in [-0.2, -0.15) is 21.6 Å². The van der Waals surface area contributed by atoms with Crippen LogP contribution in [-0.4, -0.2) is 31.5 Å². The van der Waals surface area contributed by atoms with Gasteiger partial charge in [0.15, 0.2) is 0 Å². The highest BCUT2D eigenvalue weighted by Gasteiger charge is 2.26. The smallest absolute Gasteiger partial charge is 0.389 e. The molecule has 130 valence electrons. The van der Waals surface area contributed by atoms with Crippen LogP contribution in [0.1, 0.15) is 19.3 Å². The second-order valence-electron chi connectivity index (χ2n) is 4.35. The number of nitrogens with zero attached hydrogens (tertiary/aromatic N) is 1. The Labute approximate surface area is 137 Å². The highest BCUT2D eigenvalue weighted by molar-refractivity contribution is 7.86. The molecule has 11 heteroatoms. The van der Waals surface area contributed by atoms with Crippen LogP contribution < -0.4 is 5.84 Å². The van der Waals surface area contributed by atoms with E-state index < -0.39 is 27.9 Å². The Morgan fingerprint density at radius 1 is 1.22 bits per heavy atom. The molecule has 23 heavy (non-hydrogen) atoms. The maximum Gasteiger partial charge on any atom is 0.389 e. The topological polar surface area (TPSA) is 81.9 Å². The number of thiocarbonyl (C=S) groups is 1. The fourth-order valence-corrected chi connectivity index (χ4v) is 2.44. The fraction of sp³-hybridized carbons (Fsp3) is 0.417. The number of hydrogen-bond acceptors (Lipinski definition) is 6. The van der Waals surface area contributed by atoms with E-state index in [4.69, 9.17) is 10.6 Å². The summed E-state index contributed by atoms with van der Waals surface area (Å²) in [5.74, 6) is 5.31.